The number of nitrogens with zero attached hydrogens (tertiary/aromatic N) is 1. The quantitative estimate of drug-likeness (QED) is 0.671. The maximum Gasteiger partial charge on any atom is 0.0968 e. The van der Waals surface area contributed by atoms with Crippen molar-refractivity contribution in [1.29, 1.82) is 0 Å². The number of ether oxygens (including phenoxy) is 1. The molecule has 0 N–H and O–H groups in total. The third-order valence-corrected chi connectivity index (χ3v) is 4.25. The van der Waals surface area contributed by atoms with Crippen LogP contribution in [-0.2, 0) is 10.3 Å². The van der Waals surface area contributed by atoms with Crippen LogP contribution in [0.25, 0.3) is 0 Å². The van der Waals surface area contributed by atoms with E-state index in [-0.39, 0.29) is 5.60 Å². The van der Waals surface area contributed by atoms with E-state index in [4.69, 9.17) is 4.74 Å². The summed E-state index contributed by atoms with van der Waals surface area (Å²) in [6, 6.07) is 4.26. The van der Waals surface area contributed by atoms with Gasteiger partial charge in [-0.1, -0.05) is 0 Å². The third-order valence-electron chi connectivity index (χ3n) is 4.25. The minimum Gasteiger partial charge on any atom is -0.366 e. The SMILES string of the molecule is c1cc(C23CCC(O2)C2CC23)ccn1. The highest BCUT2D eigenvalue weighted by Gasteiger charge is 2.67. The molecule has 4 atom stereocenters. The first kappa shape index (κ1) is 7.41. The highest BCUT2D eigenvalue weighted by molar-refractivity contribution is 5.30. The largest absolute Gasteiger partial charge is 0.366 e. The van der Waals surface area contributed by atoms with Crippen molar-refractivity contribution >= 4 is 0 Å². The summed E-state index contributed by atoms with van der Waals surface area (Å²) in [4.78, 5) is 4.08. The Hall–Kier alpha value is -0.890. The number of pyridine rings is 1. The highest BCUT2D eigenvalue weighted by Crippen LogP contribution is 2.68. The van der Waals surface area contributed by atoms with E-state index in [2.05, 4.69) is 17.1 Å². The number of hydrogen-bond donors (Lipinski definition) is 0. The normalized spacial score (nSPS) is 47.9. The molecule has 4 rings (SSSR count). The van der Waals surface area contributed by atoms with Gasteiger partial charge in [0, 0.05) is 12.4 Å². The first-order chi connectivity index (χ1) is 6.90. The van der Waals surface area contributed by atoms with Crippen molar-refractivity contribution in [3.05, 3.63) is 30.1 Å². The van der Waals surface area contributed by atoms with Crippen LogP contribution >= 0.6 is 0 Å². The van der Waals surface area contributed by atoms with Crippen molar-refractivity contribution < 1.29 is 4.74 Å². The van der Waals surface area contributed by atoms with E-state index in [1.165, 1.54) is 24.8 Å². The van der Waals surface area contributed by atoms with Gasteiger partial charge in [0.15, 0.2) is 0 Å². The summed E-state index contributed by atoms with van der Waals surface area (Å²) in [6.07, 6.45) is 8.24. The zero-order valence-corrected chi connectivity index (χ0v) is 8.02. The summed E-state index contributed by atoms with van der Waals surface area (Å²) < 4.78 is 6.18. The summed E-state index contributed by atoms with van der Waals surface area (Å²) in [5.41, 5.74) is 1.46. The molecule has 0 amide bonds. The second kappa shape index (κ2) is 2.19. The van der Waals surface area contributed by atoms with Gasteiger partial charge in [-0.25, -0.2) is 0 Å². The summed E-state index contributed by atoms with van der Waals surface area (Å²) in [5, 5.41) is 0. The second-order valence-corrected chi connectivity index (χ2v) is 4.83. The van der Waals surface area contributed by atoms with Gasteiger partial charge in [0.2, 0.25) is 0 Å². The van der Waals surface area contributed by atoms with Gasteiger partial charge >= 0.3 is 0 Å². The van der Waals surface area contributed by atoms with E-state index in [1.807, 2.05) is 12.4 Å². The first-order valence-corrected chi connectivity index (χ1v) is 5.48. The molecular formula is C12H13NO. The van der Waals surface area contributed by atoms with Crippen molar-refractivity contribution in [3.8, 4) is 0 Å². The lowest BCUT2D eigenvalue weighted by molar-refractivity contribution is -0.0210. The Morgan fingerprint density at radius 1 is 1.36 bits per heavy atom. The molecule has 3 fully saturated rings. The van der Waals surface area contributed by atoms with Crippen LogP contribution in [0.2, 0.25) is 0 Å². The van der Waals surface area contributed by atoms with Crippen LogP contribution in [0.1, 0.15) is 24.8 Å². The van der Waals surface area contributed by atoms with Gasteiger partial charge in [0.1, 0.15) is 0 Å². The number of aromatic nitrogens is 1. The minimum atomic E-state index is 0.0955. The Kier molecular flexibility index (Phi) is 1.16. The maximum absolute atomic E-state index is 6.18. The lowest BCUT2D eigenvalue weighted by Gasteiger charge is -2.26. The van der Waals surface area contributed by atoms with Gasteiger partial charge in [0.25, 0.3) is 0 Å². The molecule has 2 heteroatoms. The molecule has 2 nitrogen and oxygen atoms in total. The highest BCUT2D eigenvalue weighted by atomic mass is 16.5. The van der Waals surface area contributed by atoms with Crippen LogP contribution in [0.3, 0.4) is 0 Å². The fourth-order valence-corrected chi connectivity index (χ4v) is 3.54. The molecule has 3 aliphatic rings. The minimum absolute atomic E-state index is 0.0955. The molecule has 0 radical (unpaired) electrons. The van der Waals surface area contributed by atoms with Crippen LogP contribution in [0.5, 0.6) is 0 Å². The average Bonchev–Trinajstić information content (AvgIpc) is 2.89. The Morgan fingerprint density at radius 3 is 2.93 bits per heavy atom. The Balaban J connectivity index is 1.84. The van der Waals surface area contributed by atoms with E-state index in [0.717, 1.165) is 11.8 Å². The molecule has 1 aromatic heterocycles. The molecule has 4 unspecified atom stereocenters. The Labute approximate surface area is 83.3 Å². The van der Waals surface area contributed by atoms with Gasteiger partial charge in [-0.15, -0.1) is 0 Å². The molecule has 0 aromatic carbocycles. The van der Waals surface area contributed by atoms with E-state index >= 15 is 0 Å². The van der Waals surface area contributed by atoms with E-state index in [0.29, 0.717) is 6.10 Å². The number of rotatable bonds is 1. The monoisotopic (exact) mass is 187 g/mol. The van der Waals surface area contributed by atoms with Gasteiger partial charge in [-0.2, -0.15) is 0 Å². The van der Waals surface area contributed by atoms with Crippen LogP contribution < -0.4 is 0 Å². The van der Waals surface area contributed by atoms with Gasteiger partial charge in [-0.3, -0.25) is 4.98 Å². The Bertz CT molecular complexity index is 377. The molecule has 3 heterocycles. The smallest absolute Gasteiger partial charge is 0.0968 e. The summed E-state index contributed by atoms with van der Waals surface area (Å²) in [6.45, 7) is 0. The molecule has 0 spiro atoms. The van der Waals surface area contributed by atoms with Crippen molar-refractivity contribution in [2.45, 2.75) is 31.0 Å². The fourth-order valence-electron chi connectivity index (χ4n) is 3.54. The topological polar surface area (TPSA) is 22.1 Å². The predicted molar refractivity (Wildman–Crippen MR) is 51.6 cm³/mol. The summed E-state index contributed by atoms with van der Waals surface area (Å²) in [5.74, 6) is 1.71. The molecule has 1 saturated carbocycles. The molecule has 2 saturated heterocycles. The maximum atomic E-state index is 6.18. The zero-order chi connectivity index (χ0) is 9.17. The van der Waals surface area contributed by atoms with Crippen molar-refractivity contribution in [2.24, 2.45) is 11.8 Å². The lowest BCUT2D eigenvalue weighted by Crippen LogP contribution is -2.25. The number of hydrogen-bond acceptors (Lipinski definition) is 2. The first-order valence-electron chi connectivity index (χ1n) is 5.48. The third kappa shape index (κ3) is 0.706. The van der Waals surface area contributed by atoms with Crippen LogP contribution in [-0.4, -0.2) is 11.1 Å². The fraction of sp³-hybridized carbons (Fsp3) is 0.583. The summed E-state index contributed by atoms with van der Waals surface area (Å²) >= 11 is 0. The molecule has 1 aromatic rings. The molecular weight excluding hydrogens is 174 g/mol. The van der Waals surface area contributed by atoms with Gasteiger partial charge in [-0.05, 0) is 48.8 Å². The Morgan fingerprint density at radius 2 is 2.21 bits per heavy atom. The molecule has 14 heavy (non-hydrogen) atoms. The zero-order valence-electron chi connectivity index (χ0n) is 8.02. The van der Waals surface area contributed by atoms with Crippen molar-refractivity contribution in [3.63, 3.8) is 0 Å². The molecule has 2 aliphatic heterocycles. The number of fused-ring (bicyclic) bond motifs is 5. The second-order valence-electron chi connectivity index (χ2n) is 4.83. The lowest BCUT2D eigenvalue weighted by atomic mass is 9.83. The van der Waals surface area contributed by atoms with Crippen molar-refractivity contribution in [1.82, 2.24) is 4.98 Å². The van der Waals surface area contributed by atoms with E-state index in [1.54, 1.807) is 0 Å². The molecule has 2 bridgehead atoms. The summed E-state index contributed by atoms with van der Waals surface area (Å²) in [7, 11) is 0. The van der Waals surface area contributed by atoms with Crippen LogP contribution in [0.15, 0.2) is 24.5 Å². The van der Waals surface area contributed by atoms with E-state index < -0.39 is 0 Å². The molecule has 72 valence electrons. The van der Waals surface area contributed by atoms with Crippen LogP contribution in [0.4, 0.5) is 0 Å². The van der Waals surface area contributed by atoms with Crippen molar-refractivity contribution in [2.75, 3.05) is 0 Å². The predicted octanol–water partition coefficient (Wildman–Crippen LogP) is 2.11. The standard InChI is InChI=1S/C12H13NO/c1-4-12(8-2-5-13-6-3-8)10-7-9(10)11(1)14-12/h2-3,5-6,9-11H,1,4,7H2. The van der Waals surface area contributed by atoms with E-state index in [9.17, 15) is 0 Å². The van der Waals surface area contributed by atoms with Gasteiger partial charge < -0.3 is 4.74 Å². The van der Waals surface area contributed by atoms with Crippen LogP contribution in [0, 0.1) is 11.8 Å². The average molecular weight is 187 g/mol. The van der Waals surface area contributed by atoms with Gasteiger partial charge in [0.05, 0.1) is 11.7 Å². The molecule has 1 aliphatic carbocycles.